The lowest BCUT2D eigenvalue weighted by atomic mass is 9.88. The first kappa shape index (κ1) is 13.4. The number of carbonyl (C=O) groups is 1. The maximum atomic E-state index is 12.1. The van der Waals surface area contributed by atoms with Crippen molar-refractivity contribution < 1.29 is 14.3 Å². The molecule has 1 aliphatic rings. The van der Waals surface area contributed by atoms with Crippen molar-refractivity contribution in [1.29, 1.82) is 0 Å². The van der Waals surface area contributed by atoms with Gasteiger partial charge in [-0.05, 0) is 34.9 Å². The number of hydrogen-bond acceptors (Lipinski definition) is 3. The summed E-state index contributed by atoms with van der Waals surface area (Å²) in [6.45, 7) is 0. The van der Waals surface area contributed by atoms with Crippen LogP contribution in [0, 0.1) is 0 Å². The first-order chi connectivity index (χ1) is 10.2. The maximum absolute atomic E-state index is 12.1. The predicted octanol–water partition coefficient (Wildman–Crippen LogP) is 3.40. The summed E-state index contributed by atoms with van der Waals surface area (Å²) in [7, 11) is 3.05. The number of ether oxygens (including phenoxy) is 2. The van der Waals surface area contributed by atoms with E-state index in [0.717, 1.165) is 22.4 Å². The number of rotatable bonds is 3. The lowest BCUT2D eigenvalue weighted by Gasteiger charge is -2.16. The third-order valence-corrected chi connectivity index (χ3v) is 3.78. The second-order valence-electron chi connectivity index (χ2n) is 4.93. The van der Waals surface area contributed by atoms with Crippen LogP contribution in [0.2, 0.25) is 0 Å². The highest BCUT2D eigenvalue weighted by Gasteiger charge is 2.31. The predicted molar refractivity (Wildman–Crippen MR) is 81.3 cm³/mol. The van der Waals surface area contributed by atoms with Gasteiger partial charge in [-0.3, -0.25) is 0 Å². The molecule has 2 aromatic rings. The number of esters is 1. The topological polar surface area (TPSA) is 35.5 Å². The van der Waals surface area contributed by atoms with Crippen molar-refractivity contribution in [3.8, 4) is 5.75 Å². The molecule has 1 unspecified atom stereocenters. The third-order valence-electron chi connectivity index (χ3n) is 3.78. The highest BCUT2D eigenvalue weighted by molar-refractivity contribution is 5.99. The minimum Gasteiger partial charge on any atom is -0.497 e. The van der Waals surface area contributed by atoms with Crippen LogP contribution in [0.5, 0.6) is 5.75 Å². The summed E-state index contributed by atoms with van der Waals surface area (Å²) in [5.74, 6) is 0.404. The molecule has 1 atom stereocenters. The Hall–Kier alpha value is -2.55. The fourth-order valence-corrected chi connectivity index (χ4v) is 2.79. The molecule has 0 bridgehead atoms. The van der Waals surface area contributed by atoms with Crippen LogP contribution < -0.4 is 4.74 Å². The van der Waals surface area contributed by atoms with Crippen LogP contribution in [0.25, 0.3) is 6.08 Å². The number of methoxy groups -OCH3 is 2. The Morgan fingerprint density at radius 3 is 2.48 bits per heavy atom. The van der Waals surface area contributed by atoms with Crippen molar-refractivity contribution in [3.63, 3.8) is 0 Å². The molecule has 0 fully saturated rings. The fourth-order valence-electron chi connectivity index (χ4n) is 2.79. The minimum absolute atomic E-state index is 0.0837. The molecule has 1 aliphatic carbocycles. The van der Waals surface area contributed by atoms with E-state index in [2.05, 4.69) is 0 Å². The summed E-state index contributed by atoms with van der Waals surface area (Å²) in [6, 6.07) is 15.9. The molecule has 0 amide bonds. The number of fused-ring (bicyclic) bond motifs is 1. The molecule has 0 heterocycles. The van der Waals surface area contributed by atoms with Crippen LogP contribution in [0.15, 0.2) is 54.1 Å². The van der Waals surface area contributed by atoms with Gasteiger partial charge in [0.05, 0.1) is 14.2 Å². The van der Waals surface area contributed by atoms with Crippen molar-refractivity contribution in [1.82, 2.24) is 0 Å². The Balaban J connectivity index is 2.13. The van der Waals surface area contributed by atoms with Gasteiger partial charge in [0, 0.05) is 11.5 Å². The SMILES string of the molecule is COC(=O)C1=Cc2cc(OC)ccc2C1c1ccccc1. The van der Waals surface area contributed by atoms with Crippen LogP contribution >= 0.6 is 0 Å². The van der Waals surface area contributed by atoms with Gasteiger partial charge in [0.25, 0.3) is 0 Å². The van der Waals surface area contributed by atoms with Gasteiger partial charge >= 0.3 is 5.97 Å². The molecule has 106 valence electrons. The van der Waals surface area contributed by atoms with Gasteiger partial charge in [-0.25, -0.2) is 4.79 Å². The molecule has 3 heteroatoms. The molecule has 21 heavy (non-hydrogen) atoms. The van der Waals surface area contributed by atoms with Crippen molar-refractivity contribution in [2.45, 2.75) is 5.92 Å². The van der Waals surface area contributed by atoms with Gasteiger partial charge in [0.1, 0.15) is 5.75 Å². The van der Waals surface area contributed by atoms with E-state index in [1.54, 1.807) is 7.11 Å². The Bertz CT molecular complexity index is 702. The maximum Gasteiger partial charge on any atom is 0.334 e. The standard InChI is InChI=1S/C18H16O3/c1-20-14-8-9-15-13(10-14)11-16(18(19)21-2)17(15)12-6-4-3-5-7-12/h3-11,17H,1-2H3. The van der Waals surface area contributed by atoms with Crippen LogP contribution in [0.4, 0.5) is 0 Å². The minimum atomic E-state index is -0.293. The molecule has 0 saturated carbocycles. The summed E-state index contributed by atoms with van der Waals surface area (Å²) in [6.07, 6.45) is 1.89. The number of hydrogen-bond donors (Lipinski definition) is 0. The summed E-state index contributed by atoms with van der Waals surface area (Å²) in [5.41, 5.74) is 3.84. The Labute approximate surface area is 123 Å². The van der Waals surface area contributed by atoms with E-state index in [0.29, 0.717) is 5.57 Å². The summed E-state index contributed by atoms with van der Waals surface area (Å²) < 4.78 is 10.2. The molecule has 0 N–H and O–H groups in total. The van der Waals surface area contributed by atoms with Crippen LogP contribution in [-0.2, 0) is 9.53 Å². The molecule has 3 rings (SSSR count). The molecule has 0 spiro atoms. The average Bonchev–Trinajstić information content (AvgIpc) is 2.93. The van der Waals surface area contributed by atoms with E-state index in [1.807, 2.05) is 54.6 Å². The molecule has 0 aromatic heterocycles. The van der Waals surface area contributed by atoms with Gasteiger partial charge in [0.15, 0.2) is 0 Å². The molecular formula is C18H16O3. The van der Waals surface area contributed by atoms with E-state index in [4.69, 9.17) is 9.47 Å². The molecule has 2 aromatic carbocycles. The summed E-state index contributed by atoms with van der Waals surface area (Å²) >= 11 is 0. The van der Waals surface area contributed by atoms with Gasteiger partial charge in [-0.2, -0.15) is 0 Å². The van der Waals surface area contributed by atoms with E-state index in [-0.39, 0.29) is 11.9 Å². The van der Waals surface area contributed by atoms with Gasteiger partial charge < -0.3 is 9.47 Å². The number of carbonyl (C=O) groups excluding carboxylic acids is 1. The largest absolute Gasteiger partial charge is 0.497 e. The van der Waals surface area contributed by atoms with Crippen molar-refractivity contribution in [2.24, 2.45) is 0 Å². The Morgan fingerprint density at radius 1 is 1.05 bits per heavy atom. The second kappa shape index (κ2) is 5.44. The molecule has 0 radical (unpaired) electrons. The van der Waals surface area contributed by atoms with E-state index < -0.39 is 0 Å². The van der Waals surface area contributed by atoms with Crippen LogP contribution in [-0.4, -0.2) is 20.2 Å². The zero-order valence-electron chi connectivity index (χ0n) is 12.0. The van der Waals surface area contributed by atoms with Crippen molar-refractivity contribution in [2.75, 3.05) is 14.2 Å². The van der Waals surface area contributed by atoms with Gasteiger partial charge in [-0.1, -0.05) is 36.4 Å². The first-order valence-corrected chi connectivity index (χ1v) is 6.77. The van der Waals surface area contributed by atoms with Gasteiger partial charge in [0.2, 0.25) is 0 Å². The Morgan fingerprint density at radius 2 is 1.81 bits per heavy atom. The zero-order valence-corrected chi connectivity index (χ0v) is 12.0. The molecule has 0 saturated heterocycles. The van der Waals surface area contributed by atoms with Crippen LogP contribution in [0.3, 0.4) is 0 Å². The van der Waals surface area contributed by atoms with E-state index in [1.165, 1.54) is 7.11 Å². The smallest absolute Gasteiger partial charge is 0.334 e. The summed E-state index contributed by atoms with van der Waals surface area (Å²) in [4.78, 5) is 12.1. The highest BCUT2D eigenvalue weighted by atomic mass is 16.5. The Kier molecular flexibility index (Phi) is 3.48. The molecule has 0 aliphatic heterocycles. The molecular weight excluding hydrogens is 264 g/mol. The lowest BCUT2D eigenvalue weighted by molar-refractivity contribution is -0.136. The first-order valence-electron chi connectivity index (χ1n) is 6.77. The van der Waals surface area contributed by atoms with Gasteiger partial charge in [-0.15, -0.1) is 0 Å². The third kappa shape index (κ3) is 2.31. The lowest BCUT2D eigenvalue weighted by Crippen LogP contribution is -2.11. The zero-order chi connectivity index (χ0) is 14.8. The normalized spacial score (nSPS) is 16.1. The second-order valence-corrected chi connectivity index (χ2v) is 4.93. The van der Waals surface area contributed by atoms with Crippen molar-refractivity contribution >= 4 is 12.0 Å². The highest BCUT2D eigenvalue weighted by Crippen LogP contribution is 2.42. The summed E-state index contributed by atoms with van der Waals surface area (Å²) in [5, 5.41) is 0. The van der Waals surface area contributed by atoms with Crippen LogP contribution in [0.1, 0.15) is 22.6 Å². The fraction of sp³-hybridized carbons (Fsp3) is 0.167. The number of benzene rings is 2. The monoisotopic (exact) mass is 280 g/mol. The van der Waals surface area contributed by atoms with E-state index in [9.17, 15) is 4.79 Å². The van der Waals surface area contributed by atoms with Crippen molar-refractivity contribution in [3.05, 3.63) is 70.8 Å². The quantitative estimate of drug-likeness (QED) is 0.808. The van der Waals surface area contributed by atoms with E-state index >= 15 is 0 Å². The molecule has 3 nitrogen and oxygen atoms in total. The average molecular weight is 280 g/mol.